The van der Waals surface area contributed by atoms with E-state index in [0.29, 0.717) is 23.2 Å². The predicted octanol–water partition coefficient (Wildman–Crippen LogP) is 4.87. The standard InChI is InChI=1S/C16H7F5N4OS/c17-9-3-2-8(12(18)13(9)19)16(20,21)27-15-25-24-14(26-15)7-1-4-10-11(5-7)23-6-22-10/h1-6H,(H,22,23). The molecule has 1 N–H and O–H groups in total. The van der Waals surface area contributed by atoms with Crippen LogP contribution in [0.2, 0.25) is 0 Å². The van der Waals surface area contributed by atoms with E-state index in [1.165, 1.54) is 6.33 Å². The quantitative estimate of drug-likeness (QED) is 0.302. The van der Waals surface area contributed by atoms with Gasteiger partial charge in [-0.15, -0.1) is 10.2 Å². The zero-order chi connectivity index (χ0) is 19.2. The first-order chi connectivity index (χ1) is 12.8. The summed E-state index contributed by atoms with van der Waals surface area (Å²) in [7, 11) is 0. The summed E-state index contributed by atoms with van der Waals surface area (Å²) < 4.78 is 73.6. The zero-order valence-electron chi connectivity index (χ0n) is 13.0. The summed E-state index contributed by atoms with van der Waals surface area (Å²) in [6.07, 6.45) is 1.49. The van der Waals surface area contributed by atoms with Crippen molar-refractivity contribution in [2.24, 2.45) is 0 Å². The Bertz CT molecular complexity index is 1140. The number of halogens is 5. The van der Waals surface area contributed by atoms with Crippen LogP contribution in [0, 0.1) is 17.5 Å². The van der Waals surface area contributed by atoms with Gasteiger partial charge in [-0.3, -0.25) is 0 Å². The monoisotopic (exact) mass is 398 g/mol. The molecular formula is C16H7F5N4OS. The van der Waals surface area contributed by atoms with E-state index in [-0.39, 0.29) is 17.7 Å². The van der Waals surface area contributed by atoms with E-state index < -0.39 is 33.5 Å². The number of hydrogen-bond acceptors (Lipinski definition) is 5. The van der Waals surface area contributed by atoms with Crippen LogP contribution < -0.4 is 0 Å². The molecule has 2 aromatic carbocycles. The number of hydrogen-bond donors (Lipinski definition) is 1. The fourth-order valence-electron chi connectivity index (χ4n) is 2.35. The number of fused-ring (bicyclic) bond motifs is 1. The summed E-state index contributed by atoms with van der Waals surface area (Å²) >= 11 is -0.276. The van der Waals surface area contributed by atoms with Crippen LogP contribution in [0.5, 0.6) is 0 Å². The third-order valence-electron chi connectivity index (χ3n) is 3.64. The molecule has 0 unspecified atom stereocenters. The smallest absolute Gasteiger partial charge is 0.330 e. The van der Waals surface area contributed by atoms with Crippen molar-refractivity contribution < 1.29 is 26.4 Å². The van der Waals surface area contributed by atoms with Gasteiger partial charge in [0.25, 0.3) is 5.22 Å². The van der Waals surface area contributed by atoms with Crippen LogP contribution >= 0.6 is 11.8 Å². The lowest BCUT2D eigenvalue weighted by Gasteiger charge is -2.14. The van der Waals surface area contributed by atoms with Crippen LogP contribution in [0.1, 0.15) is 5.56 Å². The fraction of sp³-hybridized carbons (Fsp3) is 0.0625. The van der Waals surface area contributed by atoms with E-state index in [4.69, 9.17) is 4.42 Å². The Labute approximate surface area is 151 Å². The van der Waals surface area contributed by atoms with Crippen molar-refractivity contribution in [2.45, 2.75) is 10.5 Å². The molecule has 0 aliphatic carbocycles. The Morgan fingerprint density at radius 1 is 1.00 bits per heavy atom. The van der Waals surface area contributed by atoms with Crippen LogP contribution in [0.25, 0.3) is 22.5 Å². The molecule has 0 aliphatic heterocycles. The van der Waals surface area contributed by atoms with E-state index in [1.54, 1.807) is 18.2 Å². The topological polar surface area (TPSA) is 67.6 Å². The lowest BCUT2D eigenvalue weighted by molar-refractivity contribution is 0.0976. The highest BCUT2D eigenvalue weighted by Gasteiger charge is 2.40. The zero-order valence-corrected chi connectivity index (χ0v) is 13.8. The highest BCUT2D eigenvalue weighted by atomic mass is 32.2. The summed E-state index contributed by atoms with van der Waals surface area (Å²) in [5.41, 5.74) is 0.475. The van der Waals surface area contributed by atoms with E-state index in [0.717, 1.165) is 5.52 Å². The number of benzene rings is 2. The number of nitrogens with zero attached hydrogens (tertiary/aromatic N) is 3. The van der Waals surface area contributed by atoms with Crippen LogP contribution in [-0.4, -0.2) is 20.2 Å². The van der Waals surface area contributed by atoms with Gasteiger partial charge in [-0.2, -0.15) is 8.78 Å². The highest BCUT2D eigenvalue weighted by molar-refractivity contribution is 7.99. The summed E-state index contributed by atoms with van der Waals surface area (Å²) in [6.45, 7) is 0. The summed E-state index contributed by atoms with van der Waals surface area (Å²) in [4.78, 5) is 6.95. The molecule has 2 aromatic heterocycles. The molecule has 4 aromatic rings. The fourth-order valence-corrected chi connectivity index (χ4v) is 3.04. The van der Waals surface area contributed by atoms with Gasteiger partial charge in [0.05, 0.1) is 22.9 Å². The Kier molecular flexibility index (Phi) is 4.10. The van der Waals surface area contributed by atoms with Crippen LogP contribution in [0.15, 0.2) is 46.3 Å². The number of imidazole rings is 1. The largest absolute Gasteiger partial charge is 0.411 e. The van der Waals surface area contributed by atoms with Gasteiger partial charge >= 0.3 is 5.25 Å². The molecule has 0 aliphatic rings. The first-order valence-corrected chi connectivity index (χ1v) is 8.14. The molecule has 2 heterocycles. The normalized spacial score (nSPS) is 12.0. The van der Waals surface area contributed by atoms with Crippen LogP contribution in [-0.2, 0) is 5.25 Å². The third-order valence-corrected chi connectivity index (χ3v) is 4.45. The Morgan fingerprint density at radius 2 is 1.81 bits per heavy atom. The lowest BCUT2D eigenvalue weighted by atomic mass is 10.2. The minimum atomic E-state index is -3.96. The first-order valence-electron chi connectivity index (χ1n) is 7.33. The van der Waals surface area contributed by atoms with E-state index in [9.17, 15) is 22.0 Å². The van der Waals surface area contributed by atoms with Crippen molar-refractivity contribution in [1.82, 2.24) is 20.2 Å². The van der Waals surface area contributed by atoms with Gasteiger partial charge < -0.3 is 9.40 Å². The molecule has 11 heteroatoms. The van der Waals surface area contributed by atoms with Crippen molar-refractivity contribution >= 4 is 22.8 Å². The molecule has 0 bridgehead atoms. The molecule has 0 saturated heterocycles. The number of aromatic nitrogens is 4. The van der Waals surface area contributed by atoms with Crippen molar-refractivity contribution in [3.63, 3.8) is 0 Å². The van der Waals surface area contributed by atoms with Crippen LogP contribution in [0.4, 0.5) is 22.0 Å². The second kappa shape index (κ2) is 6.34. The summed E-state index contributed by atoms with van der Waals surface area (Å²) in [5.74, 6) is -5.57. The predicted molar refractivity (Wildman–Crippen MR) is 85.5 cm³/mol. The number of H-pyrrole nitrogens is 1. The number of thioether (sulfide) groups is 1. The molecular weight excluding hydrogens is 391 g/mol. The molecule has 0 radical (unpaired) electrons. The molecule has 0 saturated carbocycles. The maximum atomic E-state index is 14.3. The minimum Gasteiger partial charge on any atom is -0.411 e. The Morgan fingerprint density at radius 3 is 2.63 bits per heavy atom. The molecule has 0 atom stereocenters. The van der Waals surface area contributed by atoms with Crippen molar-refractivity contribution in [3.8, 4) is 11.5 Å². The van der Waals surface area contributed by atoms with Gasteiger partial charge in [0.1, 0.15) is 0 Å². The molecule has 27 heavy (non-hydrogen) atoms. The SMILES string of the molecule is Fc1ccc(C(F)(F)Sc2nnc(-c3ccc4[nH]cnc4c3)o2)c(F)c1F. The summed E-state index contributed by atoms with van der Waals surface area (Å²) in [6, 6.07) is 5.81. The van der Waals surface area contributed by atoms with Crippen LogP contribution in [0.3, 0.4) is 0 Å². The molecule has 4 rings (SSSR count). The van der Waals surface area contributed by atoms with E-state index >= 15 is 0 Å². The van der Waals surface area contributed by atoms with E-state index in [2.05, 4.69) is 20.2 Å². The highest BCUT2D eigenvalue weighted by Crippen LogP contribution is 2.45. The molecule has 0 amide bonds. The second-order valence-electron chi connectivity index (χ2n) is 5.35. The Balaban J connectivity index is 1.62. The number of nitrogens with one attached hydrogen (secondary N) is 1. The summed E-state index contributed by atoms with van der Waals surface area (Å²) in [5, 5.41) is 2.63. The number of aromatic amines is 1. The molecule has 5 nitrogen and oxygen atoms in total. The number of rotatable bonds is 4. The maximum Gasteiger partial charge on any atom is 0.330 e. The van der Waals surface area contributed by atoms with Gasteiger partial charge in [0, 0.05) is 17.3 Å². The van der Waals surface area contributed by atoms with Gasteiger partial charge in [-0.05, 0) is 30.3 Å². The van der Waals surface area contributed by atoms with Gasteiger partial charge in [-0.25, -0.2) is 18.2 Å². The minimum absolute atomic E-state index is 0.0519. The van der Waals surface area contributed by atoms with Gasteiger partial charge in [0.2, 0.25) is 5.89 Å². The van der Waals surface area contributed by atoms with Crippen molar-refractivity contribution in [3.05, 3.63) is 59.7 Å². The number of alkyl halides is 2. The van der Waals surface area contributed by atoms with E-state index in [1.807, 2.05) is 0 Å². The molecule has 0 fully saturated rings. The average molecular weight is 398 g/mol. The van der Waals surface area contributed by atoms with Gasteiger partial charge in [-0.1, -0.05) is 0 Å². The van der Waals surface area contributed by atoms with Crippen molar-refractivity contribution in [2.75, 3.05) is 0 Å². The molecule has 0 spiro atoms. The third kappa shape index (κ3) is 3.14. The first kappa shape index (κ1) is 17.5. The Hall–Kier alpha value is -2.95. The maximum absolute atomic E-state index is 14.3. The molecule has 138 valence electrons. The van der Waals surface area contributed by atoms with Gasteiger partial charge in [0.15, 0.2) is 17.5 Å². The average Bonchev–Trinajstić information content (AvgIpc) is 3.27. The second-order valence-corrected chi connectivity index (χ2v) is 6.42. The lowest BCUT2D eigenvalue weighted by Crippen LogP contribution is -2.12. The van der Waals surface area contributed by atoms with Crippen molar-refractivity contribution in [1.29, 1.82) is 0 Å².